The second-order valence-corrected chi connectivity index (χ2v) is 3.07. The largest absolute Gasteiger partial charge is 0.207 e. The summed E-state index contributed by atoms with van der Waals surface area (Å²) in [5.74, 6) is 0.580. The molecule has 0 amide bonds. The van der Waals surface area contributed by atoms with Crippen molar-refractivity contribution in [1.82, 2.24) is 0 Å². The third-order valence-electron chi connectivity index (χ3n) is 1.44. The molecule has 1 aliphatic rings. The Morgan fingerprint density at radius 3 is 2.90 bits per heavy atom. The predicted octanol–water partition coefficient (Wildman–Crippen LogP) is 2.56. The van der Waals surface area contributed by atoms with Crippen molar-refractivity contribution in [2.75, 3.05) is 5.75 Å². The monoisotopic (exact) mass is 178 g/mol. The summed E-state index contributed by atoms with van der Waals surface area (Å²) in [5.41, 5.74) is 0. The smallest absolute Gasteiger partial charge is 0.120 e. The molecule has 0 heterocycles. The first-order chi connectivity index (χ1) is 4.74. The fourth-order valence-corrected chi connectivity index (χ4v) is 1.58. The minimum Gasteiger partial charge on any atom is -0.207 e. The maximum Gasteiger partial charge on any atom is 0.120 e. The van der Waals surface area contributed by atoms with Gasteiger partial charge in [0.15, 0.2) is 0 Å². The quantitative estimate of drug-likeness (QED) is 0.463. The highest BCUT2D eigenvalue weighted by atomic mass is 35.5. The van der Waals surface area contributed by atoms with Crippen LogP contribution in [0.4, 0.5) is 4.39 Å². The van der Waals surface area contributed by atoms with Crippen LogP contribution < -0.4 is 0 Å². The van der Waals surface area contributed by atoms with E-state index >= 15 is 0 Å². The summed E-state index contributed by atoms with van der Waals surface area (Å²) in [5, 5.41) is -0.234. The van der Waals surface area contributed by atoms with Crippen molar-refractivity contribution in [2.24, 2.45) is 5.92 Å². The SMILES string of the molecule is FC1=CC(Cl)C(CS)C=C1. The molecule has 0 saturated heterocycles. The molecule has 0 aliphatic heterocycles. The number of rotatable bonds is 1. The van der Waals surface area contributed by atoms with Crippen molar-refractivity contribution in [3.63, 3.8) is 0 Å². The van der Waals surface area contributed by atoms with Gasteiger partial charge in [0, 0.05) is 5.92 Å². The molecule has 1 aliphatic carbocycles. The topological polar surface area (TPSA) is 0 Å². The lowest BCUT2D eigenvalue weighted by molar-refractivity contribution is 0.630. The van der Waals surface area contributed by atoms with Gasteiger partial charge in [-0.2, -0.15) is 12.6 Å². The minimum absolute atomic E-state index is 0.171. The maximum absolute atomic E-state index is 12.4. The lowest BCUT2D eigenvalue weighted by Gasteiger charge is -2.15. The lowest BCUT2D eigenvalue weighted by atomic mass is 10.0. The van der Waals surface area contributed by atoms with Crippen LogP contribution in [0, 0.1) is 5.92 Å². The molecule has 0 nitrogen and oxygen atoms in total. The summed E-state index contributed by atoms with van der Waals surface area (Å²) in [7, 11) is 0. The van der Waals surface area contributed by atoms with E-state index in [1.54, 1.807) is 6.08 Å². The van der Waals surface area contributed by atoms with E-state index < -0.39 is 0 Å². The van der Waals surface area contributed by atoms with E-state index in [4.69, 9.17) is 11.6 Å². The van der Waals surface area contributed by atoms with E-state index in [2.05, 4.69) is 12.6 Å². The zero-order chi connectivity index (χ0) is 7.56. The van der Waals surface area contributed by atoms with Crippen LogP contribution >= 0.6 is 24.2 Å². The Bertz CT molecular complexity index is 176. The van der Waals surface area contributed by atoms with Crippen LogP contribution in [-0.4, -0.2) is 11.1 Å². The van der Waals surface area contributed by atoms with E-state index in [0.29, 0.717) is 5.75 Å². The van der Waals surface area contributed by atoms with Gasteiger partial charge in [0.1, 0.15) is 5.83 Å². The number of alkyl halides is 1. The van der Waals surface area contributed by atoms with Crippen LogP contribution in [0.2, 0.25) is 0 Å². The van der Waals surface area contributed by atoms with Crippen molar-refractivity contribution in [1.29, 1.82) is 0 Å². The molecular formula is C7H8ClFS. The normalized spacial score (nSPS) is 32.1. The Morgan fingerprint density at radius 2 is 2.40 bits per heavy atom. The van der Waals surface area contributed by atoms with Crippen LogP contribution in [-0.2, 0) is 0 Å². The molecule has 0 fully saturated rings. The van der Waals surface area contributed by atoms with Gasteiger partial charge in [-0.25, -0.2) is 4.39 Å². The first kappa shape index (κ1) is 8.15. The van der Waals surface area contributed by atoms with Crippen molar-refractivity contribution in [3.8, 4) is 0 Å². The molecule has 0 aromatic rings. The van der Waals surface area contributed by atoms with Gasteiger partial charge in [-0.1, -0.05) is 6.08 Å². The van der Waals surface area contributed by atoms with E-state index in [1.165, 1.54) is 12.2 Å². The van der Waals surface area contributed by atoms with Crippen LogP contribution in [0.1, 0.15) is 0 Å². The Hall–Kier alpha value is 0.0500. The molecule has 0 bridgehead atoms. The zero-order valence-corrected chi connectivity index (χ0v) is 6.95. The van der Waals surface area contributed by atoms with E-state index in [0.717, 1.165) is 0 Å². The summed E-state index contributed by atoms with van der Waals surface area (Å²) in [6.07, 6.45) is 4.59. The predicted molar refractivity (Wildman–Crippen MR) is 45.3 cm³/mol. The Morgan fingerprint density at radius 1 is 1.70 bits per heavy atom. The molecule has 0 saturated carbocycles. The molecule has 0 radical (unpaired) electrons. The number of thiol groups is 1. The Kier molecular flexibility index (Phi) is 2.81. The number of hydrogen-bond donors (Lipinski definition) is 1. The minimum atomic E-state index is -0.252. The average Bonchev–Trinajstić information content (AvgIpc) is 1.88. The van der Waals surface area contributed by atoms with Gasteiger partial charge in [0.05, 0.1) is 5.38 Å². The zero-order valence-electron chi connectivity index (χ0n) is 5.30. The number of allylic oxidation sites excluding steroid dienone is 4. The molecule has 0 aromatic carbocycles. The molecule has 0 N–H and O–H groups in total. The fourth-order valence-electron chi connectivity index (χ4n) is 0.814. The third kappa shape index (κ3) is 1.77. The first-order valence-electron chi connectivity index (χ1n) is 3.04. The highest BCUT2D eigenvalue weighted by molar-refractivity contribution is 7.80. The fraction of sp³-hybridized carbons (Fsp3) is 0.429. The highest BCUT2D eigenvalue weighted by Gasteiger charge is 2.16. The Labute approximate surface area is 70.2 Å². The van der Waals surface area contributed by atoms with Gasteiger partial charge in [-0.05, 0) is 17.9 Å². The third-order valence-corrected chi connectivity index (χ3v) is 2.31. The van der Waals surface area contributed by atoms with Crippen molar-refractivity contribution in [3.05, 3.63) is 24.1 Å². The van der Waals surface area contributed by atoms with E-state index in [9.17, 15) is 4.39 Å². The summed E-state index contributed by atoms with van der Waals surface area (Å²) in [4.78, 5) is 0. The van der Waals surface area contributed by atoms with Crippen molar-refractivity contribution < 1.29 is 4.39 Å². The number of halogens is 2. The average molecular weight is 179 g/mol. The Balaban J connectivity index is 2.64. The summed E-state index contributed by atoms with van der Waals surface area (Å²) in [6, 6.07) is 0. The number of hydrogen-bond acceptors (Lipinski definition) is 1. The van der Waals surface area contributed by atoms with Crippen LogP contribution in [0.25, 0.3) is 0 Å². The first-order valence-corrected chi connectivity index (χ1v) is 4.11. The molecule has 10 heavy (non-hydrogen) atoms. The molecule has 1 rings (SSSR count). The van der Waals surface area contributed by atoms with Crippen LogP contribution in [0.5, 0.6) is 0 Å². The summed E-state index contributed by atoms with van der Waals surface area (Å²) in [6.45, 7) is 0. The van der Waals surface area contributed by atoms with E-state index in [-0.39, 0.29) is 17.1 Å². The highest BCUT2D eigenvalue weighted by Crippen LogP contribution is 2.22. The summed E-state index contributed by atoms with van der Waals surface area (Å²) >= 11 is 9.83. The second kappa shape index (κ2) is 3.44. The van der Waals surface area contributed by atoms with Crippen LogP contribution in [0.15, 0.2) is 24.1 Å². The standard InChI is InChI=1S/C7H8ClFS/c8-7-3-6(9)2-1-5(7)4-10/h1-3,5,7,10H,4H2. The molecule has 3 heteroatoms. The molecule has 56 valence electrons. The van der Waals surface area contributed by atoms with Gasteiger partial charge in [-0.3, -0.25) is 0 Å². The van der Waals surface area contributed by atoms with Gasteiger partial charge in [0.2, 0.25) is 0 Å². The summed E-state index contributed by atoms with van der Waals surface area (Å²) < 4.78 is 12.4. The van der Waals surface area contributed by atoms with Gasteiger partial charge >= 0.3 is 0 Å². The van der Waals surface area contributed by atoms with Crippen molar-refractivity contribution >= 4 is 24.2 Å². The molecule has 0 spiro atoms. The van der Waals surface area contributed by atoms with Crippen LogP contribution in [0.3, 0.4) is 0 Å². The molecule has 2 unspecified atom stereocenters. The van der Waals surface area contributed by atoms with Gasteiger partial charge < -0.3 is 0 Å². The molecule has 0 aromatic heterocycles. The lowest BCUT2D eigenvalue weighted by Crippen LogP contribution is -2.14. The van der Waals surface area contributed by atoms with Crippen molar-refractivity contribution in [2.45, 2.75) is 5.38 Å². The maximum atomic E-state index is 12.4. The molecular weight excluding hydrogens is 171 g/mol. The van der Waals surface area contributed by atoms with E-state index in [1.807, 2.05) is 0 Å². The molecule has 2 atom stereocenters. The van der Waals surface area contributed by atoms with Gasteiger partial charge in [-0.15, -0.1) is 11.6 Å². The second-order valence-electron chi connectivity index (χ2n) is 2.20. The van der Waals surface area contributed by atoms with Gasteiger partial charge in [0.25, 0.3) is 0 Å².